The maximum absolute atomic E-state index is 12.2. The molecule has 0 aromatic heterocycles. The van der Waals surface area contributed by atoms with Crippen LogP contribution in [0.3, 0.4) is 0 Å². The summed E-state index contributed by atoms with van der Waals surface area (Å²) in [6, 6.07) is 0. The van der Waals surface area contributed by atoms with Gasteiger partial charge in [-0.1, -0.05) is 47.6 Å². The van der Waals surface area contributed by atoms with Crippen molar-refractivity contribution in [3.8, 4) is 0 Å². The lowest BCUT2D eigenvalue weighted by molar-refractivity contribution is -0.155. The van der Waals surface area contributed by atoms with E-state index in [0.29, 0.717) is 29.5 Å². The second kappa shape index (κ2) is 10.5. The molecule has 4 atom stereocenters. The van der Waals surface area contributed by atoms with Crippen molar-refractivity contribution in [2.45, 2.75) is 134 Å². The molecule has 2 heterocycles. The predicted octanol–water partition coefficient (Wildman–Crippen LogP) is 5.70. The molecule has 184 valence electrons. The maximum atomic E-state index is 12.2. The van der Waals surface area contributed by atoms with Crippen LogP contribution in [0.1, 0.15) is 88.0 Å². The molecule has 0 radical (unpaired) electrons. The zero-order valence-corrected chi connectivity index (χ0v) is 22.5. The Kier molecular flexibility index (Phi) is 8.93. The minimum atomic E-state index is -2.22. The molecule has 2 fully saturated rings. The predicted molar refractivity (Wildman–Crippen MR) is 128 cm³/mol. The second-order valence-electron chi connectivity index (χ2n) is 10.9. The molecule has 0 spiro atoms. The highest BCUT2D eigenvalue weighted by Gasteiger charge is 2.51. The number of carbonyl (C=O) groups excluding carboxylic acids is 2. The summed E-state index contributed by atoms with van der Waals surface area (Å²) in [5.41, 5.74) is 0.397. The number of hydrogen-bond donors (Lipinski definition) is 0. The van der Waals surface area contributed by atoms with Gasteiger partial charge in [0.25, 0.3) is 0 Å². The van der Waals surface area contributed by atoms with Crippen molar-refractivity contribution in [1.82, 2.24) is 0 Å². The third-order valence-corrected chi connectivity index (χ3v) is 13.1. The van der Waals surface area contributed by atoms with E-state index in [0.717, 1.165) is 19.1 Å². The van der Waals surface area contributed by atoms with Crippen molar-refractivity contribution in [1.29, 1.82) is 0 Å². The van der Waals surface area contributed by atoms with Gasteiger partial charge in [0.2, 0.25) is 8.32 Å². The van der Waals surface area contributed by atoms with Gasteiger partial charge in [-0.15, -0.1) is 0 Å². The highest BCUT2D eigenvalue weighted by molar-refractivity contribution is 6.77. The summed E-state index contributed by atoms with van der Waals surface area (Å²) in [4.78, 5) is 23.8. The van der Waals surface area contributed by atoms with E-state index >= 15 is 0 Å². The molecule has 0 aromatic rings. The molecule has 1 unspecified atom stereocenters. The summed E-state index contributed by atoms with van der Waals surface area (Å²) in [6.45, 7) is 19.0. The highest BCUT2D eigenvalue weighted by Crippen LogP contribution is 2.45. The Balaban J connectivity index is 2.24. The van der Waals surface area contributed by atoms with Crippen molar-refractivity contribution >= 4 is 20.6 Å². The van der Waals surface area contributed by atoms with E-state index in [9.17, 15) is 9.59 Å². The first-order valence-electron chi connectivity index (χ1n) is 12.2. The second-order valence-corrected chi connectivity index (χ2v) is 16.3. The molecule has 0 N–H and O–H groups in total. The molecule has 32 heavy (non-hydrogen) atoms. The molecule has 2 aliphatic rings. The van der Waals surface area contributed by atoms with Gasteiger partial charge in [-0.3, -0.25) is 4.79 Å². The SMILES string of the molecule is CC(C)[Si](O[C@@H](C=O)C[C@H]1OC(C)(C)O[C@]1(C)/C=C/C1CCCC(=O)O1)(C(C)C)C(C)C. The number of carbonyl (C=O) groups is 2. The van der Waals surface area contributed by atoms with Gasteiger partial charge in [0.05, 0.1) is 6.10 Å². The monoisotopic (exact) mass is 468 g/mol. The van der Waals surface area contributed by atoms with Crippen LogP contribution < -0.4 is 0 Å². The van der Waals surface area contributed by atoms with Crippen LogP contribution in [0.5, 0.6) is 0 Å². The van der Waals surface area contributed by atoms with E-state index in [4.69, 9.17) is 18.6 Å². The fraction of sp³-hybridized carbons (Fsp3) is 0.840. The Morgan fingerprint density at radius 2 is 1.69 bits per heavy atom. The molecular weight excluding hydrogens is 424 g/mol. The fourth-order valence-electron chi connectivity index (χ4n) is 5.68. The largest absolute Gasteiger partial charge is 0.458 e. The van der Waals surface area contributed by atoms with Gasteiger partial charge in [-0.05, 0) is 56.3 Å². The number of esters is 1. The molecule has 0 bridgehead atoms. The van der Waals surface area contributed by atoms with Gasteiger partial charge in [0.15, 0.2) is 5.79 Å². The minimum Gasteiger partial charge on any atom is -0.458 e. The molecule has 6 nitrogen and oxygen atoms in total. The van der Waals surface area contributed by atoms with E-state index in [2.05, 4.69) is 41.5 Å². The Labute approximate surface area is 195 Å². The molecule has 0 saturated carbocycles. The number of ether oxygens (including phenoxy) is 3. The van der Waals surface area contributed by atoms with Crippen LogP contribution in [-0.4, -0.2) is 50.3 Å². The fourth-order valence-corrected chi connectivity index (χ4v) is 11.2. The van der Waals surface area contributed by atoms with E-state index in [1.165, 1.54) is 0 Å². The summed E-state index contributed by atoms with van der Waals surface area (Å²) in [6.07, 6.45) is 6.12. The number of aldehydes is 1. The van der Waals surface area contributed by atoms with Gasteiger partial charge < -0.3 is 23.4 Å². The van der Waals surface area contributed by atoms with Crippen molar-refractivity contribution < 1.29 is 28.2 Å². The summed E-state index contributed by atoms with van der Waals surface area (Å²) in [7, 11) is -2.22. The van der Waals surface area contributed by atoms with Crippen LogP contribution in [0, 0.1) is 0 Å². The number of cyclic esters (lactones) is 1. The zero-order chi connectivity index (χ0) is 24.3. The standard InChI is InChI=1S/C25H44O6Si/c1-17(2)32(18(3)4,19(5)6)30-21(16-26)15-22-25(9,31-24(7,8)29-22)14-13-20-11-10-12-23(27)28-20/h13-14,16-22H,10-12,15H2,1-9H3/b14-13+/t20?,21-,22-,25-/m1/s1. The van der Waals surface area contributed by atoms with E-state index in [1.54, 1.807) is 0 Å². The first-order chi connectivity index (χ1) is 14.8. The average molecular weight is 469 g/mol. The van der Waals surface area contributed by atoms with E-state index < -0.39 is 25.8 Å². The van der Waals surface area contributed by atoms with E-state index in [1.807, 2.05) is 32.9 Å². The van der Waals surface area contributed by atoms with Gasteiger partial charge >= 0.3 is 5.97 Å². The van der Waals surface area contributed by atoms with Crippen molar-refractivity contribution in [3.05, 3.63) is 12.2 Å². The Morgan fingerprint density at radius 3 is 2.19 bits per heavy atom. The normalized spacial score (nSPS) is 29.8. The number of rotatable bonds is 10. The Hall–Kier alpha value is -1.02. The van der Waals surface area contributed by atoms with Gasteiger partial charge in [-0.2, -0.15) is 0 Å². The summed E-state index contributed by atoms with van der Waals surface area (Å²) in [5.74, 6) is -0.952. The zero-order valence-electron chi connectivity index (χ0n) is 21.5. The molecule has 2 saturated heterocycles. The number of hydrogen-bond acceptors (Lipinski definition) is 6. The van der Waals surface area contributed by atoms with Gasteiger partial charge in [-0.25, -0.2) is 0 Å². The molecule has 2 rings (SSSR count). The van der Waals surface area contributed by atoms with Crippen LogP contribution in [-0.2, 0) is 28.2 Å². The topological polar surface area (TPSA) is 71.1 Å². The average Bonchev–Trinajstić information content (AvgIpc) is 2.90. The van der Waals surface area contributed by atoms with Gasteiger partial charge in [0.1, 0.15) is 24.1 Å². The molecule has 2 aliphatic heterocycles. The van der Waals surface area contributed by atoms with Crippen LogP contribution >= 0.6 is 0 Å². The van der Waals surface area contributed by atoms with Crippen molar-refractivity contribution in [2.75, 3.05) is 0 Å². The van der Waals surface area contributed by atoms with Crippen LogP contribution in [0.2, 0.25) is 16.6 Å². The molecule has 0 aliphatic carbocycles. The summed E-state index contributed by atoms with van der Waals surface area (Å²) < 4.78 is 24.7. The minimum absolute atomic E-state index is 0.164. The first kappa shape index (κ1) is 27.2. The first-order valence-corrected chi connectivity index (χ1v) is 14.3. The van der Waals surface area contributed by atoms with Crippen molar-refractivity contribution in [3.63, 3.8) is 0 Å². The third-order valence-electron chi connectivity index (χ3n) is 6.99. The molecule has 0 amide bonds. The lowest BCUT2D eigenvalue weighted by Crippen LogP contribution is -2.51. The van der Waals surface area contributed by atoms with Crippen LogP contribution in [0.25, 0.3) is 0 Å². The van der Waals surface area contributed by atoms with Crippen LogP contribution in [0.15, 0.2) is 12.2 Å². The molecule has 0 aromatic carbocycles. The van der Waals surface area contributed by atoms with Crippen molar-refractivity contribution in [2.24, 2.45) is 0 Å². The van der Waals surface area contributed by atoms with Crippen LogP contribution in [0.4, 0.5) is 0 Å². The maximum Gasteiger partial charge on any atom is 0.306 e. The molecule has 7 heteroatoms. The lowest BCUT2D eigenvalue weighted by Gasteiger charge is -2.44. The third kappa shape index (κ3) is 6.10. The summed E-state index contributed by atoms with van der Waals surface area (Å²) >= 11 is 0. The van der Waals surface area contributed by atoms with Gasteiger partial charge in [0, 0.05) is 12.8 Å². The molecular formula is C25H44O6Si. The quantitative estimate of drug-likeness (QED) is 0.177. The van der Waals surface area contributed by atoms with E-state index in [-0.39, 0.29) is 18.2 Å². The smallest absolute Gasteiger partial charge is 0.306 e. The Bertz CT molecular complexity index is 664. The summed E-state index contributed by atoms with van der Waals surface area (Å²) in [5, 5.41) is 0. The lowest BCUT2D eigenvalue weighted by atomic mass is 9.93. The highest BCUT2D eigenvalue weighted by atomic mass is 28.4. The Morgan fingerprint density at radius 1 is 1.09 bits per heavy atom.